The van der Waals surface area contributed by atoms with E-state index in [1.54, 1.807) is 0 Å². The van der Waals surface area contributed by atoms with E-state index in [4.69, 9.17) is 5.11 Å². The molecule has 4 heteroatoms. The van der Waals surface area contributed by atoms with Crippen LogP contribution in [-0.2, 0) is 4.79 Å². The lowest BCUT2D eigenvalue weighted by Gasteiger charge is -1.79. The van der Waals surface area contributed by atoms with Gasteiger partial charge in [0.1, 0.15) is 0 Å². The van der Waals surface area contributed by atoms with Crippen molar-refractivity contribution in [2.45, 2.75) is 19.8 Å². The summed E-state index contributed by atoms with van der Waals surface area (Å²) in [6.45, 7) is 1.84. The largest absolute Gasteiger partial charge is 0.481 e. The average molecular weight is 159 g/mol. The molecule has 0 amide bonds. The Bertz CT molecular complexity index is 56.0. The fourth-order valence-electron chi connectivity index (χ4n) is 0.214. The summed E-state index contributed by atoms with van der Waals surface area (Å²) in [5.74, 6) is -0.711. The van der Waals surface area contributed by atoms with Gasteiger partial charge in [-0.25, -0.2) is 0 Å². The van der Waals surface area contributed by atoms with Crippen LogP contribution in [0.2, 0.25) is 0 Å². The molecule has 0 aliphatic rings. The summed E-state index contributed by atoms with van der Waals surface area (Å²) in [5, 5.41) is 7.91. The first-order chi connectivity index (χ1) is 3.77. The van der Waals surface area contributed by atoms with Crippen molar-refractivity contribution in [2.24, 2.45) is 0 Å². The molecule has 0 radical (unpaired) electrons. The maximum absolute atomic E-state index is 9.60. The number of hydrogen-bond acceptors (Lipinski definition) is 1. The lowest BCUT2D eigenvalue weighted by molar-refractivity contribution is -0.137. The lowest BCUT2D eigenvalue weighted by Crippen LogP contribution is -1.90. The Morgan fingerprint density at radius 2 is 2.00 bits per heavy atom. The van der Waals surface area contributed by atoms with Crippen LogP contribution in [0.5, 0.6) is 0 Å². The van der Waals surface area contributed by atoms with Crippen molar-refractivity contribution in [1.82, 2.24) is 0 Å². The molecule has 0 aromatic rings. The molecular formula is C4H8Cl2O2. The number of carboxylic acid groups (broad SMARTS) is 1. The van der Waals surface area contributed by atoms with Crippen molar-refractivity contribution in [1.29, 1.82) is 0 Å². The highest BCUT2D eigenvalue weighted by atomic mass is 36.5. The zero-order valence-corrected chi connectivity index (χ0v) is 6.04. The maximum atomic E-state index is 9.60. The highest BCUT2D eigenvalue weighted by molar-refractivity contribution is 6.85. The highest BCUT2D eigenvalue weighted by Crippen LogP contribution is 1.82. The summed E-state index contributed by atoms with van der Waals surface area (Å²) in [5.41, 5.74) is 0. The summed E-state index contributed by atoms with van der Waals surface area (Å²) in [6.07, 6.45) is 1.02. The van der Waals surface area contributed by atoms with Crippen LogP contribution >= 0.6 is 21.7 Å². The predicted octanol–water partition coefficient (Wildman–Crippen LogP) is 2.25. The SMILES string of the molecule is CCCC(=O)O.ClCl. The van der Waals surface area contributed by atoms with Crippen LogP contribution in [-0.4, -0.2) is 11.1 Å². The van der Waals surface area contributed by atoms with Gasteiger partial charge < -0.3 is 5.11 Å². The van der Waals surface area contributed by atoms with Crippen molar-refractivity contribution < 1.29 is 9.90 Å². The van der Waals surface area contributed by atoms with Gasteiger partial charge in [-0.05, 0) is 6.42 Å². The number of aliphatic carboxylic acids is 1. The first kappa shape index (κ1) is 10.9. The molecule has 0 fully saturated rings. The van der Waals surface area contributed by atoms with Gasteiger partial charge in [0.15, 0.2) is 0 Å². The molecule has 50 valence electrons. The second kappa shape index (κ2) is 10.1. The normalized spacial score (nSPS) is 6.88. The highest BCUT2D eigenvalue weighted by Gasteiger charge is 1.87. The zero-order chi connectivity index (χ0) is 6.99. The third-order valence-electron chi connectivity index (χ3n) is 0.464. The van der Waals surface area contributed by atoms with Gasteiger partial charge in [-0.15, -0.1) is 0 Å². The van der Waals surface area contributed by atoms with Crippen molar-refractivity contribution in [3.63, 3.8) is 0 Å². The van der Waals surface area contributed by atoms with E-state index in [0.29, 0.717) is 6.42 Å². The van der Waals surface area contributed by atoms with Gasteiger partial charge >= 0.3 is 5.97 Å². The topological polar surface area (TPSA) is 37.3 Å². The monoisotopic (exact) mass is 158 g/mol. The van der Waals surface area contributed by atoms with Crippen LogP contribution in [0.1, 0.15) is 19.8 Å². The second-order valence-corrected chi connectivity index (χ2v) is 1.14. The molecule has 2 nitrogen and oxygen atoms in total. The fourth-order valence-corrected chi connectivity index (χ4v) is 0.214. The molecule has 0 heterocycles. The molecule has 0 atom stereocenters. The van der Waals surface area contributed by atoms with Gasteiger partial charge in [-0.2, -0.15) is 0 Å². The number of carboxylic acids is 1. The van der Waals surface area contributed by atoms with Crippen molar-refractivity contribution in [3.8, 4) is 0 Å². The van der Waals surface area contributed by atoms with E-state index in [0.717, 1.165) is 6.42 Å². The lowest BCUT2D eigenvalue weighted by atomic mass is 10.4. The van der Waals surface area contributed by atoms with Gasteiger partial charge in [0.05, 0.1) is 0 Å². The van der Waals surface area contributed by atoms with E-state index >= 15 is 0 Å². The third-order valence-corrected chi connectivity index (χ3v) is 0.464. The van der Waals surface area contributed by atoms with E-state index in [2.05, 4.69) is 21.7 Å². The first-order valence-corrected chi connectivity index (χ1v) is 3.27. The second-order valence-electron chi connectivity index (χ2n) is 1.14. The van der Waals surface area contributed by atoms with E-state index in [9.17, 15) is 4.79 Å². The summed E-state index contributed by atoms with van der Waals surface area (Å²) < 4.78 is 0. The van der Waals surface area contributed by atoms with Crippen LogP contribution in [0.25, 0.3) is 0 Å². The average Bonchev–Trinajstić information content (AvgIpc) is 1.72. The number of rotatable bonds is 2. The van der Waals surface area contributed by atoms with Crippen LogP contribution in [0.15, 0.2) is 0 Å². The molecule has 0 spiro atoms. The van der Waals surface area contributed by atoms with E-state index < -0.39 is 5.97 Å². The standard InChI is InChI=1S/C4H8O2.Cl2/c1-2-3-4(5)6;1-2/h2-3H2,1H3,(H,5,6);. The minimum Gasteiger partial charge on any atom is -0.481 e. The summed E-state index contributed by atoms with van der Waals surface area (Å²) in [4.78, 5) is 9.60. The summed E-state index contributed by atoms with van der Waals surface area (Å²) >= 11 is 0. The van der Waals surface area contributed by atoms with Gasteiger partial charge in [0.2, 0.25) is 0 Å². The minimum atomic E-state index is -0.711. The zero-order valence-electron chi connectivity index (χ0n) is 4.53. The molecular weight excluding hydrogens is 151 g/mol. The van der Waals surface area contributed by atoms with Gasteiger partial charge in [0, 0.05) is 28.1 Å². The Balaban J connectivity index is 0. The molecule has 0 bridgehead atoms. The van der Waals surface area contributed by atoms with Crippen molar-refractivity contribution in [3.05, 3.63) is 0 Å². The summed E-state index contributed by atoms with van der Waals surface area (Å²) in [6, 6.07) is 0. The van der Waals surface area contributed by atoms with Crippen molar-refractivity contribution in [2.75, 3.05) is 0 Å². The Hall–Kier alpha value is 0.0500. The quantitative estimate of drug-likeness (QED) is 0.670. The number of halogens is 2. The van der Waals surface area contributed by atoms with E-state index in [1.165, 1.54) is 0 Å². The molecule has 8 heavy (non-hydrogen) atoms. The van der Waals surface area contributed by atoms with Crippen LogP contribution in [0, 0.1) is 0 Å². The molecule has 0 aliphatic heterocycles. The predicted molar refractivity (Wildman–Crippen MR) is 34.2 cm³/mol. The molecule has 1 N–H and O–H groups in total. The summed E-state index contributed by atoms with van der Waals surface area (Å²) in [7, 11) is 8.22. The molecule has 0 aromatic heterocycles. The Kier molecular flexibility index (Phi) is 13.8. The Morgan fingerprint density at radius 3 is 2.00 bits per heavy atom. The van der Waals surface area contributed by atoms with Gasteiger partial charge in [0.25, 0.3) is 0 Å². The van der Waals surface area contributed by atoms with Gasteiger partial charge in [-0.1, -0.05) is 6.92 Å². The molecule has 0 unspecified atom stereocenters. The Morgan fingerprint density at radius 1 is 1.62 bits per heavy atom. The molecule has 0 aliphatic carbocycles. The first-order valence-electron chi connectivity index (χ1n) is 2.13. The molecule has 0 rings (SSSR count). The van der Waals surface area contributed by atoms with Crippen LogP contribution in [0.3, 0.4) is 0 Å². The smallest absolute Gasteiger partial charge is 0.303 e. The van der Waals surface area contributed by atoms with Crippen molar-refractivity contribution >= 4 is 27.7 Å². The molecule has 0 aromatic carbocycles. The maximum Gasteiger partial charge on any atom is 0.303 e. The van der Waals surface area contributed by atoms with E-state index in [1.807, 2.05) is 6.92 Å². The van der Waals surface area contributed by atoms with E-state index in [-0.39, 0.29) is 0 Å². The third kappa shape index (κ3) is 16.6. The minimum absolute atomic E-state index is 0.292. The van der Waals surface area contributed by atoms with Gasteiger partial charge in [-0.3, -0.25) is 4.79 Å². The number of hydrogen-bond donors (Lipinski definition) is 1. The molecule has 0 saturated heterocycles. The molecule has 0 saturated carbocycles. The number of carbonyl (C=O) groups is 1. The fraction of sp³-hybridized carbons (Fsp3) is 0.750. The van der Waals surface area contributed by atoms with Crippen LogP contribution in [0.4, 0.5) is 0 Å². The Labute approximate surface area is 58.0 Å². The van der Waals surface area contributed by atoms with Crippen LogP contribution < -0.4 is 0 Å².